The fraction of sp³-hybridized carbons (Fsp3) is 1.00. The van der Waals surface area contributed by atoms with Gasteiger partial charge in [-0.25, -0.2) is 0 Å². The molecule has 18 heavy (non-hydrogen) atoms. The Kier molecular flexibility index (Phi) is 26.2. The zero-order valence-electron chi connectivity index (χ0n) is 13.7. The van der Waals surface area contributed by atoms with Crippen LogP contribution < -0.4 is 0 Å². The van der Waals surface area contributed by atoms with E-state index in [0.29, 0.717) is 12.1 Å². The van der Waals surface area contributed by atoms with Crippen LogP contribution in [0.5, 0.6) is 0 Å². The quantitative estimate of drug-likeness (QED) is 0.721. The molecule has 0 fully saturated rings. The van der Waals surface area contributed by atoms with E-state index in [-0.39, 0.29) is 24.8 Å². The summed E-state index contributed by atoms with van der Waals surface area (Å²) >= 11 is 0. The highest BCUT2D eigenvalue weighted by atomic mass is 35.5. The molecule has 0 aliphatic heterocycles. The summed E-state index contributed by atoms with van der Waals surface area (Å²) in [5.41, 5.74) is 0. The third-order valence-electron chi connectivity index (χ3n) is 3.03. The average Bonchev–Trinajstić information content (AvgIpc) is 2.21. The Balaban J connectivity index is -0.000000100. The number of hydrogen-bond acceptors (Lipinski definition) is 2. The number of halogens is 2. The summed E-state index contributed by atoms with van der Waals surface area (Å²) in [6, 6.07) is 1.38. The first-order valence-corrected chi connectivity index (χ1v) is 6.92. The minimum Gasteiger partial charge on any atom is -0.304 e. The zero-order chi connectivity index (χ0) is 13.1. The predicted octanol–water partition coefficient (Wildman–Crippen LogP) is 4.32. The fourth-order valence-corrected chi connectivity index (χ4v) is 2.00. The summed E-state index contributed by atoms with van der Waals surface area (Å²) in [5.74, 6) is 0. The summed E-state index contributed by atoms with van der Waals surface area (Å²) in [6.45, 7) is 22.5. The summed E-state index contributed by atoms with van der Waals surface area (Å²) in [6.07, 6.45) is 0. The molecule has 4 heteroatoms. The van der Waals surface area contributed by atoms with E-state index in [2.05, 4.69) is 65.2 Å². The summed E-state index contributed by atoms with van der Waals surface area (Å²) in [5, 5.41) is 0. The minimum absolute atomic E-state index is 0. The highest BCUT2D eigenvalue weighted by Gasteiger charge is 2.08. The van der Waals surface area contributed by atoms with E-state index >= 15 is 0 Å². The Labute approximate surface area is 128 Å². The SMILES string of the molecule is CCN(C(C)C)C(C)C.CCN(CC)CC.Cl.Cl. The van der Waals surface area contributed by atoms with Crippen LogP contribution >= 0.6 is 24.8 Å². The third-order valence-corrected chi connectivity index (χ3v) is 3.03. The highest BCUT2D eigenvalue weighted by molar-refractivity contribution is 5.85. The van der Waals surface area contributed by atoms with Crippen molar-refractivity contribution in [2.45, 2.75) is 67.5 Å². The molecular formula is C14H36Cl2N2. The maximum absolute atomic E-state index is 2.46. The molecule has 0 radical (unpaired) electrons. The molecule has 0 amide bonds. The van der Waals surface area contributed by atoms with Crippen molar-refractivity contribution < 1.29 is 0 Å². The van der Waals surface area contributed by atoms with Crippen LogP contribution in [0.4, 0.5) is 0 Å². The molecule has 0 saturated carbocycles. The zero-order valence-corrected chi connectivity index (χ0v) is 15.3. The van der Waals surface area contributed by atoms with Crippen LogP contribution in [0.15, 0.2) is 0 Å². The van der Waals surface area contributed by atoms with Crippen molar-refractivity contribution in [2.75, 3.05) is 26.2 Å². The first kappa shape index (κ1) is 26.9. The highest BCUT2D eigenvalue weighted by Crippen LogP contribution is 2.02. The number of rotatable bonds is 6. The molecule has 0 aromatic heterocycles. The van der Waals surface area contributed by atoms with E-state index in [1.165, 1.54) is 19.6 Å². The van der Waals surface area contributed by atoms with Crippen molar-refractivity contribution in [1.82, 2.24) is 9.80 Å². The molecule has 2 nitrogen and oxygen atoms in total. The Morgan fingerprint density at radius 3 is 0.889 bits per heavy atom. The molecule has 116 valence electrons. The van der Waals surface area contributed by atoms with Gasteiger partial charge in [-0.3, -0.25) is 4.90 Å². The Morgan fingerprint density at radius 2 is 0.889 bits per heavy atom. The summed E-state index contributed by atoms with van der Waals surface area (Å²) in [4.78, 5) is 4.83. The van der Waals surface area contributed by atoms with Gasteiger partial charge in [-0.2, -0.15) is 0 Å². The molecule has 0 N–H and O–H groups in total. The van der Waals surface area contributed by atoms with Gasteiger partial charge in [0, 0.05) is 12.1 Å². The smallest absolute Gasteiger partial charge is 0.00411 e. The maximum atomic E-state index is 2.46. The van der Waals surface area contributed by atoms with Gasteiger partial charge in [-0.15, -0.1) is 24.8 Å². The second-order valence-electron chi connectivity index (χ2n) is 4.64. The number of hydrogen-bond donors (Lipinski definition) is 0. The van der Waals surface area contributed by atoms with Crippen molar-refractivity contribution >= 4 is 24.8 Å². The predicted molar refractivity (Wildman–Crippen MR) is 90.6 cm³/mol. The van der Waals surface area contributed by atoms with Gasteiger partial charge in [-0.05, 0) is 53.9 Å². The lowest BCUT2D eigenvalue weighted by atomic mass is 10.2. The Bertz CT molecular complexity index is 124. The van der Waals surface area contributed by atoms with Crippen molar-refractivity contribution in [3.8, 4) is 0 Å². The molecule has 0 aliphatic rings. The van der Waals surface area contributed by atoms with Crippen LogP contribution in [0.2, 0.25) is 0 Å². The normalized spacial score (nSPS) is 10.0. The molecule has 0 spiro atoms. The van der Waals surface area contributed by atoms with Crippen molar-refractivity contribution in [3.63, 3.8) is 0 Å². The monoisotopic (exact) mass is 302 g/mol. The van der Waals surface area contributed by atoms with Gasteiger partial charge in [0.25, 0.3) is 0 Å². The molecule has 0 atom stereocenters. The molecule has 0 rings (SSSR count). The molecular weight excluding hydrogens is 267 g/mol. The van der Waals surface area contributed by atoms with Gasteiger partial charge in [0.05, 0.1) is 0 Å². The van der Waals surface area contributed by atoms with Gasteiger partial charge in [0.15, 0.2) is 0 Å². The molecule has 0 saturated heterocycles. The molecule has 0 bridgehead atoms. The van der Waals surface area contributed by atoms with Crippen LogP contribution in [0, 0.1) is 0 Å². The van der Waals surface area contributed by atoms with Gasteiger partial charge in [0.2, 0.25) is 0 Å². The molecule has 0 aromatic rings. The van der Waals surface area contributed by atoms with Crippen molar-refractivity contribution in [3.05, 3.63) is 0 Å². The van der Waals surface area contributed by atoms with E-state index in [4.69, 9.17) is 0 Å². The van der Waals surface area contributed by atoms with E-state index in [9.17, 15) is 0 Å². The minimum atomic E-state index is 0. The lowest BCUT2D eigenvalue weighted by Crippen LogP contribution is -2.36. The third kappa shape index (κ3) is 14.6. The lowest BCUT2D eigenvalue weighted by molar-refractivity contribution is 0.185. The van der Waals surface area contributed by atoms with Crippen LogP contribution in [-0.2, 0) is 0 Å². The first-order chi connectivity index (χ1) is 7.44. The van der Waals surface area contributed by atoms with E-state index in [1.807, 2.05) is 0 Å². The Morgan fingerprint density at radius 1 is 0.611 bits per heavy atom. The van der Waals surface area contributed by atoms with Crippen molar-refractivity contribution in [2.24, 2.45) is 0 Å². The first-order valence-electron chi connectivity index (χ1n) is 6.92. The van der Waals surface area contributed by atoms with Crippen LogP contribution in [-0.4, -0.2) is 48.1 Å². The number of nitrogens with zero attached hydrogens (tertiary/aromatic N) is 2. The van der Waals surface area contributed by atoms with Gasteiger partial charge in [-0.1, -0.05) is 27.7 Å². The largest absolute Gasteiger partial charge is 0.304 e. The van der Waals surface area contributed by atoms with E-state index < -0.39 is 0 Å². The average molecular weight is 303 g/mol. The van der Waals surface area contributed by atoms with Crippen LogP contribution in [0.25, 0.3) is 0 Å². The fourth-order valence-electron chi connectivity index (χ4n) is 2.00. The van der Waals surface area contributed by atoms with Crippen molar-refractivity contribution in [1.29, 1.82) is 0 Å². The molecule has 0 heterocycles. The molecule has 0 unspecified atom stereocenters. The molecule has 0 aliphatic carbocycles. The maximum Gasteiger partial charge on any atom is 0.00411 e. The lowest BCUT2D eigenvalue weighted by Gasteiger charge is -2.28. The summed E-state index contributed by atoms with van der Waals surface area (Å²) in [7, 11) is 0. The van der Waals surface area contributed by atoms with Gasteiger partial charge >= 0.3 is 0 Å². The topological polar surface area (TPSA) is 6.48 Å². The Hall–Kier alpha value is 0.500. The van der Waals surface area contributed by atoms with E-state index in [0.717, 1.165) is 6.54 Å². The standard InChI is InChI=1S/C8H19N.C6H15N.2ClH/c1-6-9(7(2)3)8(4)5;1-4-7(5-2)6-3;;/h7-8H,6H2,1-5H3;4-6H2,1-3H3;2*1H. The molecule has 0 aromatic carbocycles. The van der Waals surface area contributed by atoms with Gasteiger partial charge in [0.1, 0.15) is 0 Å². The second kappa shape index (κ2) is 17.5. The van der Waals surface area contributed by atoms with Crippen LogP contribution in [0.1, 0.15) is 55.4 Å². The van der Waals surface area contributed by atoms with E-state index in [1.54, 1.807) is 0 Å². The van der Waals surface area contributed by atoms with Crippen LogP contribution in [0.3, 0.4) is 0 Å². The summed E-state index contributed by atoms with van der Waals surface area (Å²) < 4.78 is 0. The second-order valence-corrected chi connectivity index (χ2v) is 4.64. The van der Waals surface area contributed by atoms with Gasteiger partial charge < -0.3 is 4.90 Å².